The van der Waals surface area contributed by atoms with Crippen molar-refractivity contribution in [2.45, 2.75) is 18.5 Å². The number of methoxy groups -OCH3 is 1. The number of rotatable bonds is 2. The van der Waals surface area contributed by atoms with Gasteiger partial charge in [-0.25, -0.2) is 0 Å². The number of benzene rings is 2. The van der Waals surface area contributed by atoms with E-state index in [1.165, 1.54) is 7.11 Å². The second kappa shape index (κ2) is 5.96. The van der Waals surface area contributed by atoms with Gasteiger partial charge in [0.15, 0.2) is 0 Å². The number of ether oxygens (including phenoxy) is 1. The van der Waals surface area contributed by atoms with Crippen molar-refractivity contribution in [1.82, 2.24) is 10.3 Å². The van der Waals surface area contributed by atoms with E-state index in [2.05, 4.69) is 16.4 Å². The Morgan fingerprint density at radius 2 is 1.92 bits per heavy atom. The average molecular weight is 341 g/mol. The topological polar surface area (TPSA) is 54.1 Å². The number of carbonyl (C=O) groups excluding carboxylic acids is 1. The van der Waals surface area contributed by atoms with Gasteiger partial charge in [-0.15, -0.1) is 0 Å². The molecule has 4 nitrogen and oxygen atoms in total. The van der Waals surface area contributed by atoms with E-state index in [4.69, 9.17) is 16.3 Å². The number of para-hydroxylation sites is 1. The highest BCUT2D eigenvalue weighted by Gasteiger charge is 2.35. The predicted molar refractivity (Wildman–Crippen MR) is 94.2 cm³/mol. The summed E-state index contributed by atoms with van der Waals surface area (Å²) in [6.07, 6.45) is 0.590. The monoisotopic (exact) mass is 340 g/mol. The van der Waals surface area contributed by atoms with Crippen LogP contribution >= 0.6 is 11.6 Å². The average Bonchev–Trinajstić information content (AvgIpc) is 2.99. The normalized spacial score (nSPS) is 19.9. The zero-order valence-electron chi connectivity index (χ0n) is 13.2. The summed E-state index contributed by atoms with van der Waals surface area (Å²) in [6.45, 7) is 0. The summed E-state index contributed by atoms with van der Waals surface area (Å²) in [5.41, 5.74) is 4.21. The van der Waals surface area contributed by atoms with Crippen LogP contribution in [0, 0.1) is 0 Å². The van der Waals surface area contributed by atoms with Gasteiger partial charge in [0.25, 0.3) is 0 Å². The van der Waals surface area contributed by atoms with Crippen molar-refractivity contribution in [3.63, 3.8) is 0 Å². The third-order valence-electron chi connectivity index (χ3n) is 4.61. The Labute approximate surface area is 144 Å². The Bertz CT molecular complexity index is 919. The molecule has 4 rings (SSSR count). The highest BCUT2D eigenvalue weighted by Crippen LogP contribution is 2.37. The quantitative estimate of drug-likeness (QED) is 0.701. The summed E-state index contributed by atoms with van der Waals surface area (Å²) in [7, 11) is 1.42. The number of aromatic nitrogens is 1. The Hall–Kier alpha value is -2.30. The number of carbonyl (C=O) groups is 1. The smallest absolute Gasteiger partial charge is 0.323 e. The summed E-state index contributed by atoms with van der Waals surface area (Å²) in [4.78, 5) is 15.7. The fourth-order valence-corrected chi connectivity index (χ4v) is 3.73. The van der Waals surface area contributed by atoms with Crippen LogP contribution in [-0.2, 0) is 16.0 Å². The van der Waals surface area contributed by atoms with Crippen LogP contribution in [0.25, 0.3) is 10.9 Å². The molecular formula is C19H17ClN2O2. The molecule has 1 aliphatic rings. The van der Waals surface area contributed by atoms with Gasteiger partial charge in [-0.2, -0.15) is 0 Å². The van der Waals surface area contributed by atoms with Gasteiger partial charge in [0.1, 0.15) is 6.04 Å². The van der Waals surface area contributed by atoms with E-state index in [0.717, 1.165) is 27.7 Å². The molecule has 0 saturated carbocycles. The van der Waals surface area contributed by atoms with E-state index >= 15 is 0 Å². The molecule has 0 spiro atoms. The zero-order chi connectivity index (χ0) is 16.7. The van der Waals surface area contributed by atoms with Crippen molar-refractivity contribution in [2.24, 2.45) is 0 Å². The lowest BCUT2D eigenvalue weighted by Crippen LogP contribution is -2.45. The Balaban J connectivity index is 1.90. The lowest BCUT2D eigenvalue weighted by atomic mass is 9.90. The molecule has 1 aromatic heterocycles. The van der Waals surface area contributed by atoms with Crippen LogP contribution in [0.15, 0.2) is 48.5 Å². The van der Waals surface area contributed by atoms with E-state index in [0.29, 0.717) is 11.4 Å². The number of hydrogen-bond donors (Lipinski definition) is 2. The standard InChI is InChI=1S/C19H17ClN2O2/c1-24-19(23)16-10-13-11-6-3-5-9-15(11)21-18(13)17(22-16)12-7-2-4-8-14(12)20/h2-9,16-17,21-22H,10H2,1H3/t16-,17+/m1/s1. The molecule has 0 radical (unpaired) electrons. The number of nitrogens with one attached hydrogen (secondary N) is 2. The van der Waals surface area contributed by atoms with Gasteiger partial charge in [0.2, 0.25) is 0 Å². The summed E-state index contributed by atoms with van der Waals surface area (Å²) in [5.74, 6) is -0.261. The highest BCUT2D eigenvalue weighted by atomic mass is 35.5. The number of aromatic amines is 1. The minimum absolute atomic E-state index is 0.182. The lowest BCUT2D eigenvalue weighted by molar-refractivity contribution is -0.143. The van der Waals surface area contributed by atoms with Gasteiger partial charge in [0, 0.05) is 28.0 Å². The molecule has 0 saturated heterocycles. The zero-order valence-corrected chi connectivity index (χ0v) is 13.9. The van der Waals surface area contributed by atoms with Crippen LogP contribution in [0.1, 0.15) is 22.9 Å². The van der Waals surface area contributed by atoms with Crippen LogP contribution < -0.4 is 5.32 Å². The van der Waals surface area contributed by atoms with Crippen LogP contribution in [0.3, 0.4) is 0 Å². The number of fused-ring (bicyclic) bond motifs is 3. The largest absolute Gasteiger partial charge is 0.468 e. The first-order valence-electron chi connectivity index (χ1n) is 7.87. The number of hydrogen-bond acceptors (Lipinski definition) is 3. The van der Waals surface area contributed by atoms with Gasteiger partial charge in [-0.05, 0) is 23.3 Å². The molecule has 0 bridgehead atoms. The van der Waals surface area contributed by atoms with Gasteiger partial charge < -0.3 is 9.72 Å². The molecule has 0 aliphatic carbocycles. The molecule has 2 atom stereocenters. The third kappa shape index (κ3) is 2.39. The molecule has 2 N–H and O–H groups in total. The highest BCUT2D eigenvalue weighted by molar-refractivity contribution is 6.31. The summed E-state index contributed by atoms with van der Waals surface area (Å²) >= 11 is 6.41. The minimum Gasteiger partial charge on any atom is -0.468 e. The van der Waals surface area contributed by atoms with Gasteiger partial charge in [0.05, 0.1) is 13.2 Å². The van der Waals surface area contributed by atoms with E-state index in [9.17, 15) is 4.79 Å². The van der Waals surface area contributed by atoms with E-state index in [1.807, 2.05) is 42.5 Å². The first-order valence-corrected chi connectivity index (χ1v) is 8.24. The molecule has 0 fully saturated rings. The molecular weight excluding hydrogens is 324 g/mol. The second-order valence-electron chi connectivity index (χ2n) is 5.96. The molecule has 1 aliphatic heterocycles. The molecule has 5 heteroatoms. The molecule has 0 amide bonds. The molecule has 0 unspecified atom stereocenters. The lowest BCUT2D eigenvalue weighted by Gasteiger charge is -2.30. The fraction of sp³-hybridized carbons (Fsp3) is 0.211. The van der Waals surface area contributed by atoms with Crippen molar-refractivity contribution in [2.75, 3.05) is 7.11 Å². The van der Waals surface area contributed by atoms with Crippen molar-refractivity contribution >= 4 is 28.5 Å². The Morgan fingerprint density at radius 1 is 1.17 bits per heavy atom. The maximum absolute atomic E-state index is 12.2. The van der Waals surface area contributed by atoms with E-state index < -0.39 is 6.04 Å². The van der Waals surface area contributed by atoms with Crippen LogP contribution in [0.2, 0.25) is 5.02 Å². The van der Waals surface area contributed by atoms with Crippen LogP contribution in [-0.4, -0.2) is 24.1 Å². The van der Waals surface area contributed by atoms with Crippen molar-refractivity contribution in [1.29, 1.82) is 0 Å². The van der Waals surface area contributed by atoms with E-state index in [1.54, 1.807) is 0 Å². The SMILES string of the molecule is COC(=O)[C@H]1Cc2c([nH]c3ccccc23)[C@H](c2ccccc2Cl)N1. The Kier molecular flexibility index (Phi) is 3.79. The molecule has 2 heterocycles. The molecule has 24 heavy (non-hydrogen) atoms. The fourth-order valence-electron chi connectivity index (χ4n) is 3.48. The van der Waals surface area contributed by atoms with E-state index in [-0.39, 0.29) is 12.0 Å². The third-order valence-corrected chi connectivity index (χ3v) is 4.96. The molecule has 3 aromatic rings. The summed E-state index contributed by atoms with van der Waals surface area (Å²) < 4.78 is 4.96. The number of halogens is 1. The van der Waals surface area contributed by atoms with Crippen molar-refractivity contribution in [3.8, 4) is 0 Å². The summed E-state index contributed by atoms with van der Waals surface area (Å²) in [5, 5.41) is 5.20. The Morgan fingerprint density at radius 3 is 2.71 bits per heavy atom. The predicted octanol–water partition coefficient (Wildman–Crippen LogP) is 3.60. The maximum Gasteiger partial charge on any atom is 0.323 e. The van der Waals surface area contributed by atoms with Crippen molar-refractivity contribution < 1.29 is 9.53 Å². The first kappa shape index (κ1) is 15.2. The van der Waals surface area contributed by atoms with Crippen molar-refractivity contribution in [3.05, 3.63) is 70.4 Å². The number of H-pyrrole nitrogens is 1. The molecule has 2 aromatic carbocycles. The number of esters is 1. The van der Waals surface area contributed by atoms with Crippen LogP contribution in [0.5, 0.6) is 0 Å². The van der Waals surface area contributed by atoms with Gasteiger partial charge in [-0.3, -0.25) is 10.1 Å². The van der Waals surface area contributed by atoms with Crippen LogP contribution in [0.4, 0.5) is 0 Å². The van der Waals surface area contributed by atoms with Gasteiger partial charge in [-0.1, -0.05) is 48.0 Å². The minimum atomic E-state index is -0.400. The first-order chi connectivity index (χ1) is 11.7. The summed E-state index contributed by atoms with van der Waals surface area (Å²) in [6, 6.07) is 15.2. The van der Waals surface area contributed by atoms with Gasteiger partial charge >= 0.3 is 5.97 Å². The maximum atomic E-state index is 12.2. The molecule has 122 valence electrons. The second-order valence-corrected chi connectivity index (χ2v) is 6.37.